The van der Waals surface area contributed by atoms with Gasteiger partial charge < -0.3 is 30.7 Å². The SMILES string of the molecule is N#C[C@@]1(c2ccc3c(N)ncnn23)O[C@H](COC(=O)Cc2ccccc2Nc2c(Cl)cccc2Cl)[C@@H](O)[C@H]1O. The molecule has 4 atom stereocenters. The zero-order valence-electron chi connectivity index (χ0n) is 20.2. The number of fused-ring (bicyclic) bond motifs is 1. The largest absolute Gasteiger partial charge is 0.463 e. The normalized spacial score (nSPS) is 22.5. The number of nitriles is 1. The number of hydrogen-bond acceptors (Lipinski definition) is 10. The second kappa shape index (κ2) is 10.7. The Morgan fingerprint density at radius 3 is 2.67 bits per heavy atom. The minimum atomic E-state index is -1.99. The number of nitrogens with one attached hydrogen (secondary N) is 1. The Morgan fingerprint density at radius 2 is 1.92 bits per heavy atom. The Hall–Kier alpha value is -3.92. The first-order valence-corrected chi connectivity index (χ1v) is 12.5. The molecule has 0 unspecified atom stereocenters. The fourth-order valence-electron chi connectivity index (χ4n) is 4.48. The summed E-state index contributed by atoms with van der Waals surface area (Å²) in [7, 11) is 0. The lowest BCUT2D eigenvalue weighted by atomic mass is 9.92. The summed E-state index contributed by atoms with van der Waals surface area (Å²) >= 11 is 12.5. The Kier molecular flexibility index (Phi) is 7.31. The number of benzene rings is 2. The second-order valence-corrected chi connectivity index (χ2v) is 9.65. The van der Waals surface area contributed by atoms with Crippen LogP contribution in [0.2, 0.25) is 10.0 Å². The van der Waals surface area contributed by atoms with Crippen LogP contribution in [0.3, 0.4) is 0 Å². The third kappa shape index (κ3) is 4.85. The average Bonchev–Trinajstić information content (AvgIpc) is 3.47. The summed E-state index contributed by atoms with van der Waals surface area (Å²) in [5, 5.41) is 39.6. The second-order valence-electron chi connectivity index (χ2n) is 8.84. The lowest BCUT2D eigenvalue weighted by Crippen LogP contribution is -2.41. The van der Waals surface area contributed by atoms with E-state index in [1.807, 2.05) is 6.07 Å². The van der Waals surface area contributed by atoms with E-state index in [0.29, 0.717) is 32.5 Å². The van der Waals surface area contributed by atoms with Crippen molar-refractivity contribution in [2.45, 2.75) is 30.3 Å². The summed E-state index contributed by atoms with van der Waals surface area (Å²) in [6.07, 6.45) is -3.31. The first-order chi connectivity index (χ1) is 18.7. The molecule has 0 radical (unpaired) electrons. The van der Waals surface area contributed by atoms with Crippen LogP contribution < -0.4 is 11.1 Å². The van der Waals surface area contributed by atoms with Gasteiger partial charge in [0.25, 0.3) is 0 Å². The molecule has 0 aliphatic carbocycles. The number of ether oxygens (including phenoxy) is 2. The average molecular weight is 569 g/mol. The van der Waals surface area contributed by atoms with E-state index in [2.05, 4.69) is 15.4 Å². The molecule has 1 fully saturated rings. The van der Waals surface area contributed by atoms with Crippen LogP contribution in [0.4, 0.5) is 17.2 Å². The molecule has 2 aromatic heterocycles. The van der Waals surface area contributed by atoms with Crippen molar-refractivity contribution in [3.05, 3.63) is 82.2 Å². The number of aliphatic hydroxyl groups is 2. The monoisotopic (exact) mass is 568 g/mol. The molecule has 0 spiro atoms. The summed E-state index contributed by atoms with van der Waals surface area (Å²) < 4.78 is 12.5. The van der Waals surface area contributed by atoms with Gasteiger partial charge in [-0.3, -0.25) is 4.79 Å². The quantitative estimate of drug-likeness (QED) is 0.243. The number of rotatable bonds is 7. The molecule has 1 saturated heterocycles. The molecule has 1 aliphatic rings. The highest BCUT2D eigenvalue weighted by molar-refractivity contribution is 6.39. The van der Waals surface area contributed by atoms with E-state index in [-0.39, 0.29) is 17.9 Å². The number of carbonyl (C=O) groups excluding carboxylic acids is 1. The van der Waals surface area contributed by atoms with Crippen LogP contribution in [0.5, 0.6) is 0 Å². The van der Waals surface area contributed by atoms with Crippen molar-refractivity contribution in [1.29, 1.82) is 5.26 Å². The molecule has 13 heteroatoms. The third-order valence-corrected chi connectivity index (χ3v) is 7.10. The van der Waals surface area contributed by atoms with E-state index in [4.69, 9.17) is 38.4 Å². The topological polar surface area (TPSA) is 168 Å². The zero-order valence-corrected chi connectivity index (χ0v) is 21.7. The molecule has 3 heterocycles. The van der Waals surface area contributed by atoms with Crippen LogP contribution in [-0.4, -0.2) is 55.7 Å². The van der Waals surface area contributed by atoms with Gasteiger partial charge in [-0.25, -0.2) is 9.50 Å². The summed E-state index contributed by atoms with van der Waals surface area (Å²) in [6.45, 7) is -0.410. The smallest absolute Gasteiger partial charge is 0.310 e. The molecule has 5 rings (SSSR count). The molecule has 5 N–H and O–H groups in total. The highest BCUT2D eigenvalue weighted by atomic mass is 35.5. The maximum Gasteiger partial charge on any atom is 0.310 e. The molecule has 200 valence electrons. The van der Waals surface area contributed by atoms with E-state index >= 15 is 0 Å². The fraction of sp³-hybridized carbons (Fsp3) is 0.231. The number of para-hydroxylation sites is 2. The maximum atomic E-state index is 12.8. The van der Waals surface area contributed by atoms with Gasteiger partial charge in [0.2, 0.25) is 5.60 Å². The van der Waals surface area contributed by atoms with Crippen LogP contribution in [-0.2, 0) is 26.3 Å². The van der Waals surface area contributed by atoms with Gasteiger partial charge in [-0.15, -0.1) is 0 Å². The van der Waals surface area contributed by atoms with Crippen molar-refractivity contribution < 1.29 is 24.5 Å². The fourth-order valence-corrected chi connectivity index (χ4v) is 4.97. The Balaban J connectivity index is 1.29. The molecular formula is C26H22Cl2N6O5. The van der Waals surface area contributed by atoms with E-state index in [0.717, 1.165) is 0 Å². The number of carbonyl (C=O) groups is 1. The van der Waals surface area contributed by atoms with Crippen LogP contribution in [0.25, 0.3) is 5.52 Å². The van der Waals surface area contributed by atoms with Crippen LogP contribution in [0, 0.1) is 11.3 Å². The molecular weight excluding hydrogens is 547 g/mol. The number of anilines is 3. The van der Waals surface area contributed by atoms with E-state index in [1.54, 1.807) is 48.5 Å². The number of aliphatic hydroxyl groups excluding tert-OH is 2. The molecule has 2 aromatic carbocycles. The van der Waals surface area contributed by atoms with Gasteiger partial charge in [-0.05, 0) is 35.9 Å². The number of aromatic nitrogens is 3. The first-order valence-electron chi connectivity index (χ1n) is 11.7. The molecule has 0 saturated carbocycles. The minimum absolute atomic E-state index is 0.125. The summed E-state index contributed by atoms with van der Waals surface area (Å²) in [5.74, 6) is -0.461. The number of halogens is 2. The number of nitrogens with two attached hydrogens (primary N) is 1. The van der Waals surface area contributed by atoms with Gasteiger partial charge in [0, 0.05) is 5.69 Å². The van der Waals surface area contributed by atoms with Crippen molar-refractivity contribution in [3.63, 3.8) is 0 Å². The summed E-state index contributed by atoms with van der Waals surface area (Å²) in [6, 6.07) is 17.2. The molecule has 39 heavy (non-hydrogen) atoms. The highest BCUT2D eigenvalue weighted by Gasteiger charge is 2.57. The van der Waals surface area contributed by atoms with Crippen LogP contribution >= 0.6 is 23.2 Å². The van der Waals surface area contributed by atoms with Gasteiger partial charge in [0.15, 0.2) is 5.82 Å². The molecule has 1 aliphatic heterocycles. The third-order valence-electron chi connectivity index (χ3n) is 6.47. The van der Waals surface area contributed by atoms with Crippen molar-refractivity contribution in [1.82, 2.24) is 14.6 Å². The van der Waals surface area contributed by atoms with Gasteiger partial charge in [0.1, 0.15) is 42.8 Å². The van der Waals surface area contributed by atoms with Crippen molar-refractivity contribution in [2.75, 3.05) is 17.7 Å². The molecule has 11 nitrogen and oxygen atoms in total. The predicted molar refractivity (Wildman–Crippen MR) is 142 cm³/mol. The van der Waals surface area contributed by atoms with Gasteiger partial charge in [-0.1, -0.05) is 47.5 Å². The number of nitrogen functional groups attached to an aromatic ring is 1. The molecule has 4 aromatic rings. The highest BCUT2D eigenvalue weighted by Crippen LogP contribution is 2.40. The van der Waals surface area contributed by atoms with Crippen molar-refractivity contribution >= 4 is 51.9 Å². The molecule has 0 bridgehead atoms. The maximum absolute atomic E-state index is 12.8. The van der Waals surface area contributed by atoms with E-state index < -0.39 is 36.5 Å². The van der Waals surface area contributed by atoms with Gasteiger partial charge in [0.05, 0.1) is 27.8 Å². The number of esters is 1. The zero-order chi connectivity index (χ0) is 27.7. The Labute approximate surface area is 232 Å². The Bertz CT molecular complexity index is 1570. The van der Waals surface area contributed by atoms with Crippen LogP contribution in [0.15, 0.2) is 60.9 Å². The minimum Gasteiger partial charge on any atom is -0.463 e. The summed E-state index contributed by atoms with van der Waals surface area (Å²) in [4.78, 5) is 16.7. The lowest BCUT2D eigenvalue weighted by Gasteiger charge is -2.24. The van der Waals surface area contributed by atoms with E-state index in [1.165, 1.54) is 16.9 Å². The standard InChI is InChI=1S/C26H22Cl2N6O5/c27-15-5-3-6-16(28)22(15)33-17-7-2-1-4-14(17)10-21(35)38-11-19-23(36)24(37)26(12-29,39-19)20-9-8-18-25(30)31-13-32-34(18)20/h1-9,13,19,23-24,33,36-37H,10-11H2,(H2,30,31,32)/t19-,23-,24-,26+/m1/s1. The van der Waals surface area contributed by atoms with Gasteiger partial charge in [-0.2, -0.15) is 10.4 Å². The van der Waals surface area contributed by atoms with Gasteiger partial charge >= 0.3 is 5.97 Å². The first kappa shape index (κ1) is 26.7. The summed E-state index contributed by atoms with van der Waals surface area (Å²) in [5.41, 5.74) is 6.12. The van der Waals surface area contributed by atoms with E-state index in [9.17, 15) is 20.3 Å². The Morgan fingerprint density at radius 1 is 1.18 bits per heavy atom. The lowest BCUT2D eigenvalue weighted by molar-refractivity contribution is -0.149. The number of nitrogens with zero attached hydrogens (tertiary/aromatic N) is 4. The molecule has 0 amide bonds. The predicted octanol–water partition coefficient (Wildman–Crippen LogP) is 2.99. The number of hydrogen-bond donors (Lipinski definition) is 4. The van der Waals surface area contributed by atoms with Crippen molar-refractivity contribution in [2.24, 2.45) is 0 Å². The van der Waals surface area contributed by atoms with Crippen molar-refractivity contribution in [3.8, 4) is 6.07 Å². The van der Waals surface area contributed by atoms with Crippen LogP contribution in [0.1, 0.15) is 11.3 Å².